The van der Waals surface area contributed by atoms with E-state index in [1.165, 1.54) is 12.1 Å². The Morgan fingerprint density at radius 1 is 1.13 bits per heavy atom. The van der Waals surface area contributed by atoms with Crippen molar-refractivity contribution in [2.45, 2.75) is 39.3 Å². The Morgan fingerprint density at radius 2 is 1.67 bits per heavy atom. The molecule has 2 atom stereocenters. The van der Waals surface area contributed by atoms with Crippen molar-refractivity contribution in [2.24, 2.45) is 0 Å². The summed E-state index contributed by atoms with van der Waals surface area (Å²) in [6.07, 6.45) is 0.988. The van der Waals surface area contributed by atoms with Crippen molar-refractivity contribution in [1.82, 2.24) is 5.32 Å². The van der Waals surface area contributed by atoms with Gasteiger partial charge in [-0.3, -0.25) is 0 Å². The van der Waals surface area contributed by atoms with E-state index in [1.807, 2.05) is 13.8 Å². The molecule has 15 heavy (non-hydrogen) atoms. The Labute approximate surface area is 89.5 Å². The maximum Gasteiger partial charge on any atom is 0.126 e. The second-order valence-electron chi connectivity index (χ2n) is 3.90. The summed E-state index contributed by atoms with van der Waals surface area (Å²) < 4.78 is 25.9. The van der Waals surface area contributed by atoms with E-state index in [0.29, 0.717) is 11.6 Å². The average Bonchev–Trinajstić information content (AvgIpc) is 2.16. The van der Waals surface area contributed by atoms with E-state index < -0.39 is 11.6 Å². The highest BCUT2D eigenvalue weighted by atomic mass is 19.1. The van der Waals surface area contributed by atoms with E-state index in [-0.39, 0.29) is 6.04 Å². The van der Waals surface area contributed by atoms with Gasteiger partial charge in [0.1, 0.15) is 11.6 Å². The van der Waals surface area contributed by atoms with Crippen molar-refractivity contribution in [2.75, 3.05) is 0 Å². The van der Waals surface area contributed by atoms with Crippen molar-refractivity contribution in [3.05, 3.63) is 35.4 Å². The highest BCUT2D eigenvalue weighted by Gasteiger charge is 2.10. The van der Waals surface area contributed by atoms with Gasteiger partial charge < -0.3 is 5.32 Å². The lowest BCUT2D eigenvalue weighted by Crippen LogP contribution is -2.28. The van der Waals surface area contributed by atoms with Crippen LogP contribution >= 0.6 is 0 Å². The zero-order valence-electron chi connectivity index (χ0n) is 9.35. The van der Waals surface area contributed by atoms with Crippen LogP contribution in [0.25, 0.3) is 0 Å². The maximum absolute atomic E-state index is 12.9. The minimum atomic E-state index is -0.525. The van der Waals surface area contributed by atoms with Crippen LogP contribution in [0.15, 0.2) is 18.2 Å². The predicted octanol–water partition coefficient (Wildman–Crippen LogP) is 3.41. The van der Waals surface area contributed by atoms with Crippen molar-refractivity contribution in [3.8, 4) is 0 Å². The third kappa shape index (κ3) is 3.59. The van der Waals surface area contributed by atoms with Crippen LogP contribution < -0.4 is 5.32 Å². The van der Waals surface area contributed by atoms with Crippen LogP contribution in [-0.4, -0.2) is 6.04 Å². The summed E-state index contributed by atoms with van der Waals surface area (Å²) in [6.45, 7) is 6.02. The first-order valence-corrected chi connectivity index (χ1v) is 5.25. The van der Waals surface area contributed by atoms with E-state index in [1.54, 1.807) is 0 Å². The highest BCUT2D eigenvalue weighted by molar-refractivity contribution is 5.20. The van der Waals surface area contributed by atoms with Crippen LogP contribution in [0.2, 0.25) is 0 Å². The molecule has 0 aliphatic heterocycles. The molecule has 84 valence electrons. The van der Waals surface area contributed by atoms with E-state index in [4.69, 9.17) is 0 Å². The van der Waals surface area contributed by atoms with Crippen molar-refractivity contribution < 1.29 is 8.78 Å². The molecule has 0 saturated heterocycles. The number of rotatable bonds is 4. The topological polar surface area (TPSA) is 12.0 Å². The summed E-state index contributed by atoms with van der Waals surface area (Å²) in [5.41, 5.74) is 0.646. The first-order chi connectivity index (χ1) is 7.02. The molecule has 1 N–H and O–H groups in total. The molecule has 1 aromatic carbocycles. The van der Waals surface area contributed by atoms with Crippen LogP contribution in [0, 0.1) is 11.6 Å². The summed E-state index contributed by atoms with van der Waals surface area (Å²) >= 11 is 0. The lowest BCUT2D eigenvalue weighted by Gasteiger charge is -2.19. The summed E-state index contributed by atoms with van der Waals surface area (Å²) in [5.74, 6) is -1.05. The summed E-state index contributed by atoms with van der Waals surface area (Å²) in [6, 6.07) is 3.92. The fourth-order valence-corrected chi connectivity index (χ4v) is 1.47. The van der Waals surface area contributed by atoms with E-state index in [2.05, 4.69) is 12.2 Å². The van der Waals surface area contributed by atoms with Gasteiger partial charge in [0, 0.05) is 18.2 Å². The SMILES string of the molecule is CC[C@H](C)N[C@H](C)c1cc(F)cc(F)c1. The zero-order valence-corrected chi connectivity index (χ0v) is 9.35. The van der Waals surface area contributed by atoms with E-state index in [9.17, 15) is 8.78 Å². The van der Waals surface area contributed by atoms with Gasteiger partial charge in [0.2, 0.25) is 0 Å². The van der Waals surface area contributed by atoms with Crippen LogP contribution in [0.4, 0.5) is 8.78 Å². The molecule has 0 heterocycles. The quantitative estimate of drug-likeness (QED) is 0.808. The Kier molecular flexibility index (Phi) is 4.21. The molecular weight excluding hydrogens is 196 g/mol. The molecule has 0 radical (unpaired) electrons. The van der Waals surface area contributed by atoms with Gasteiger partial charge in [-0.25, -0.2) is 8.78 Å². The molecule has 0 aliphatic rings. The van der Waals surface area contributed by atoms with Gasteiger partial charge in [0.05, 0.1) is 0 Å². The van der Waals surface area contributed by atoms with Gasteiger partial charge in [-0.05, 0) is 38.0 Å². The summed E-state index contributed by atoms with van der Waals surface area (Å²) in [7, 11) is 0. The fraction of sp³-hybridized carbons (Fsp3) is 0.500. The molecule has 0 amide bonds. The normalized spacial score (nSPS) is 15.0. The summed E-state index contributed by atoms with van der Waals surface area (Å²) in [5, 5.41) is 3.27. The molecule has 1 aromatic rings. The maximum atomic E-state index is 12.9. The minimum Gasteiger partial charge on any atom is -0.308 e. The number of benzene rings is 1. The predicted molar refractivity (Wildman–Crippen MR) is 57.7 cm³/mol. The van der Waals surface area contributed by atoms with Crippen molar-refractivity contribution >= 4 is 0 Å². The second kappa shape index (κ2) is 5.21. The average molecular weight is 213 g/mol. The molecule has 0 fully saturated rings. The number of hydrogen-bond donors (Lipinski definition) is 1. The van der Waals surface area contributed by atoms with E-state index >= 15 is 0 Å². The standard InChI is InChI=1S/C12H17F2N/c1-4-8(2)15-9(3)10-5-11(13)7-12(14)6-10/h5-9,15H,4H2,1-3H3/t8-,9+/m0/s1. The number of hydrogen-bond acceptors (Lipinski definition) is 1. The smallest absolute Gasteiger partial charge is 0.126 e. The highest BCUT2D eigenvalue weighted by Crippen LogP contribution is 2.16. The zero-order chi connectivity index (χ0) is 11.4. The third-order valence-electron chi connectivity index (χ3n) is 2.53. The third-order valence-corrected chi connectivity index (χ3v) is 2.53. The molecule has 0 unspecified atom stereocenters. The van der Waals surface area contributed by atoms with Crippen LogP contribution in [0.3, 0.4) is 0 Å². The van der Waals surface area contributed by atoms with Crippen LogP contribution in [0.1, 0.15) is 38.8 Å². The van der Waals surface area contributed by atoms with E-state index in [0.717, 1.165) is 12.5 Å². The number of nitrogens with one attached hydrogen (secondary N) is 1. The van der Waals surface area contributed by atoms with Gasteiger partial charge in [-0.15, -0.1) is 0 Å². The van der Waals surface area contributed by atoms with Gasteiger partial charge in [-0.1, -0.05) is 6.92 Å². The molecule has 0 aromatic heterocycles. The molecule has 1 rings (SSSR count). The minimum absolute atomic E-state index is 0.0369. The molecule has 0 aliphatic carbocycles. The molecular formula is C12H17F2N. The first kappa shape index (κ1) is 12.1. The fourth-order valence-electron chi connectivity index (χ4n) is 1.47. The monoisotopic (exact) mass is 213 g/mol. The molecule has 0 bridgehead atoms. The Balaban J connectivity index is 2.77. The lowest BCUT2D eigenvalue weighted by molar-refractivity contribution is 0.464. The largest absolute Gasteiger partial charge is 0.308 e. The Hall–Kier alpha value is -0.960. The molecule has 1 nitrogen and oxygen atoms in total. The summed E-state index contributed by atoms with van der Waals surface area (Å²) in [4.78, 5) is 0. The molecule has 0 spiro atoms. The van der Waals surface area contributed by atoms with Gasteiger partial charge in [-0.2, -0.15) is 0 Å². The molecule has 3 heteroatoms. The van der Waals surface area contributed by atoms with Gasteiger partial charge in [0.15, 0.2) is 0 Å². The van der Waals surface area contributed by atoms with Crippen LogP contribution in [-0.2, 0) is 0 Å². The Bertz CT molecular complexity index is 305. The van der Waals surface area contributed by atoms with Gasteiger partial charge >= 0.3 is 0 Å². The Morgan fingerprint density at radius 3 is 2.13 bits per heavy atom. The van der Waals surface area contributed by atoms with Crippen molar-refractivity contribution in [3.63, 3.8) is 0 Å². The second-order valence-corrected chi connectivity index (χ2v) is 3.90. The first-order valence-electron chi connectivity index (χ1n) is 5.25. The van der Waals surface area contributed by atoms with Crippen LogP contribution in [0.5, 0.6) is 0 Å². The molecule has 0 saturated carbocycles. The van der Waals surface area contributed by atoms with Gasteiger partial charge in [0.25, 0.3) is 0 Å². The lowest BCUT2D eigenvalue weighted by atomic mass is 10.1. The van der Waals surface area contributed by atoms with Crippen molar-refractivity contribution in [1.29, 1.82) is 0 Å². The number of halogens is 2.